The molecule has 1 saturated heterocycles. The SMILES string of the molecule is CN(CCOCc1ccc([C@@H]2c3ccc(O)cc3CC[C@@H]2c2ccccc2)cc1)[C@H]1CC[C@H](c2ccc3c(c2)CN([C@H]2CCC(=O)NC2=O)C3=O)CC1. The minimum atomic E-state index is -0.581. The molecule has 2 heterocycles. The summed E-state index contributed by atoms with van der Waals surface area (Å²) < 4.78 is 6.19. The van der Waals surface area contributed by atoms with Crippen molar-refractivity contribution >= 4 is 17.7 Å². The molecule has 3 amide bonds. The Labute approximate surface area is 312 Å². The number of rotatable bonds is 10. The molecule has 0 spiro atoms. The summed E-state index contributed by atoms with van der Waals surface area (Å²) >= 11 is 0. The lowest BCUT2D eigenvalue weighted by Crippen LogP contribution is -2.52. The van der Waals surface area contributed by atoms with E-state index >= 15 is 0 Å². The molecule has 4 aromatic rings. The summed E-state index contributed by atoms with van der Waals surface area (Å²) in [4.78, 5) is 41.3. The molecule has 4 aliphatic rings. The monoisotopic (exact) mass is 711 g/mol. The highest BCUT2D eigenvalue weighted by molar-refractivity contribution is 6.05. The van der Waals surface area contributed by atoms with E-state index in [1.165, 1.54) is 33.4 Å². The summed E-state index contributed by atoms with van der Waals surface area (Å²) in [5.74, 6) is 0.671. The van der Waals surface area contributed by atoms with Crippen LogP contribution in [-0.4, -0.2) is 64.9 Å². The van der Waals surface area contributed by atoms with Gasteiger partial charge in [0.25, 0.3) is 5.91 Å². The van der Waals surface area contributed by atoms with Crippen molar-refractivity contribution in [3.05, 3.63) is 136 Å². The molecule has 4 aromatic carbocycles. The fraction of sp³-hybridized carbons (Fsp3) is 0.400. The lowest BCUT2D eigenvalue weighted by molar-refractivity contribution is -0.136. The molecular weight excluding hydrogens is 663 g/mol. The number of likely N-dealkylation sites (N-methyl/N-ethyl adjacent to an activating group) is 1. The Morgan fingerprint density at radius 3 is 2.34 bits per heavy atom. The number of ether oxygens (including phenoxy) is 1. The third-order valence-corrected chi connectivity index (χ3v) is 12.4. The maximum absolute atomic E-state index is 13.1. The standard InChI is InChI=1S/C45H49N3O5/c1-47(36-15-11-30(12-16-36)33-13-19-40-35(25-33)27-48(45(40)52)41-21-22-42(50)46-44(41)51)23-24-53-28-29-7-9-32(10-8-29)43-38(31-5-3-2-4-6-31)18-14-34-26-37(49)17-20-39(34)43/h2-10,13,17,19-20,25-26,30,36,38,41,43,49H,11-12,14-16,18,21-24,27-28H2,1H3,(H,46,50,51)/t30-,36-,38-,41+,43+/m1/s1. The van der Waals surface area contributed by atoms with E-state index in [4.69, 9.17) is 4.74 Å². The van der Waals surface area contributed by atoms with E-state index in [0.29, 0.717) is 55.4 Å². The van der Waals surface area contributed by atoms with Crippen molar-refractivity contribution < 1.29 is 24.2 Å². The van der Waals surface area contributed by atoms with Crippen molar-refractivity contribution in [1.82, 2.24) is 15.1 Å². The first-order valence-electron chi connectivity index (χ1n) is 19.3. The number of imide groups is 1. The van der Waals surface area contributed by atoms with Crippen LogP contribution in [0.5, 0.6) is 5.75 Å². The van der Waals surface area contributed by atoms with Crippen molar-refractivity contribution in [1.29, 1.82) is 0 Å². The van der Waals surface area contributed by atoms with Gasteiger partial charge in [0.2, 0.25) is 11.8 Å². The summed E-state index contributed by atoms with van der Waals surface area (Å²) in [5, 5.41) is 12.6. The van der Waals surface area contributed by atoms with Crippen LogP contribution in [0.15, 0.2) is 91.0 Å². The van der Waals surface area contributed by atoms with E-state index in [9.17, 15) is 19.5 Å². The molecule has 274 valence electrons. The van der Waals surface area contributed by atoms with Crippen molar-refractivity contribution in [3.63, 3.8) is 0 Å². The number of phenolic OH excluding ortho intramolecular Hbond substituents is 1. The summed E-state index contributed by atoms with van der Waals surface area (Å²) in [6.07, 6.45) is 7.10. The number of nitrogens with one attached hydrogen (secondary N) is 1. The van der Waals surface area contributed by atoms with Crippen LogP contribution in [0.3, 0.4) is 0 Å². The molecule has 53 heavy (non-hydrogen) atoms. The van der Waals surface area contributed by atoms with E-state index < -0.39 is 6.04 Å². The first-order valence-corrected chi connectivity index (χ1v) is 19.3. The number of hydrogen-bond acceptors (Lipinski definition) is 6. The number of amides is 3. The first kappa shape index (κ1) is 35.3. The maximum Gasteiger partial charge on any atom is 0.255 e. The van der Waals surface area contributed by atoms with Gasteiger partial charge in [0.05, 0.1) is 13.2 Å². The highest BCUT2D eigenvalue weighted by atomic mass is 16.5. The molecule has 8 nitrogen and oxygen atoms in total. The van der Waals surface area contributed by atoms with Gasteiger partial charge in [-0.15, -0.1) is 0 Å². The first-order chi connectivity index (χ1) is 25.8. The van der Waals surface area contributed by atoms with Crippen LogP contribution in [0.25, 0.3) is 0 Å². The van der Waals surface area contributed by atoms with E-state index in [1.807, 2.05) is 18.2 Å². The average Bonchev–Trinajstić information content (AvgIpc) is 3.51. The number of nitrogens with zero attached hydrogens (tertiary/aromatic N) is 2. The molecule has 2 aliphatic carbocycles. The minimum absolute atomic E-state index is 0.115. The lowest BCUT2D eigenvalue weighted by atomic mass is 9.69. The van der Waals surface area contributed by atoms with Crippen molar-refractivity contribution in [2.24, 2.45) is 0 Å². The molecule has 0 unspecified atom stereocenters. The lowest BCUT2D eigenvalue weighted by Gasteiger charge is -2.35. The molecule has 1 saturated carbocycles. The van der Waals surface area contributed by atoms with Crippen LogP contribution < -0.4 is 5.32 Å². The predicted octanol–water partition coefficient (Wildman–Crippen LogP) is 7.19. The van der Waals surface area contributed by atoms with Gasteiger partial charge in [0.1, 0.15) is 11.8 Å². The zero-order valence-corrected chi connectivity index (χ0v) is 30.5. The third-order valence-electron chi connectivity index (χ3n) is 12.4. The molecule has 2 N–H and O–H groups in total. The van der Waals surface area contributed by atoms with Gasteiger partial charge in [-0.3, -0.25) is 19.7 Å². The molecule has 2 fully saturated rings. The Morgan fingerprint density at radius 2 is 1.57 bits per heavy atom. The van der Waals surface area contributed by atoms with E-state index in [-0.39, 0.29) is 30.1 Å². The molecule has 8 heteroatoms. The van der Waals surface area contributed by atoms with Crippen LogP contribution >= 0.6 is 0 Å². The second-order valence-corrected chi connectivity index (χ2v) is 15.5. The summed E-state index contributed by atoms with van der Waals surface area (Å²) in [6, 6.07) is 31.8. The maximum atomic E-state index is 13.1. The molecule has 0 radical (unpaired) electrons. The molecular formula is C45H49N3O5. The summed E-state index contributed by atoms with van der Waals surface area (Å²) in [7, 11) is 2.21. The zero-order valence-electron chi connectivity index (χ0n) is 30.5. The molecule has 0 bridgehead atoms. The number of carbonyl (C=O) groups excluding carboxylic acids is 3. The molecule has 0 aromatic heterocycles. The smallest absolute Gasteiger partial charge is 0.255 e. The van der Waals surface area contributed by atoms with Gasteiger partial charge in [-0.25, -0.2) is 0 Å². The quantitative estimate of drug-likeness (QED) is 0.134. The van der Waals surface area contributed by atoms with Crippen LogP contribution in [0, 0.1) is 0 Å². The highest BCUT2D eigenvalue weighted by Crippen LogP contribution is 2.47. The number of aromatic hydroxyl groups is 1. The van der Waals surface area contributed by atoms with Gasteiger partial charge in [0.15, 0.2) is 0 Å². The Kier molecular flexibility index (Phi) is 10.2. The van der Waals surface area contributed by atoms with E-state index in [1.54, 1.807) is 4.90 Å². The van der Waals surface area contributed by atoms with Gasteiger partial charge < -0.3 is 19.6 Å². The number of aryl methyl sites for hydroxylation is 1. The fourth-order valence-electron chi connectivity index (χ4n) is 9.38. The van der Waals surface area contributed by atoms with Crippen LogP contribution in [0.4, 0.5) is 0 Å². The third kappa shape index (κ3) is 7.40. The topological polar surface area (TPSA) is 99.2 Å². The largest absolute Gasteiger partial charge is 0.508 e. The Hall–Kier alpha value is -4.79. The highest BCUT2D eigenvalue weighted by Gasteiger charge is 2.39. The second kappa shape index (κ2) is 15.3. The molecule has 3 atom stereocenters. The zero-order chi connectivity index (χ0) is 36.5. The number of piperidine rings is 1. The Balaban J connectivity index is 0.814. The summed E-state index contributed by atoms with van der Waals surface area (Å²) in [5.41, 5.74) is 9.33. The van der Waals surface area contributed by atoms with Crippen LogP contribution in [0.2, 0.25) is 0 Å². The number of fused-ring (bicyclic) bond motifs is 2. The van der Waals surface area contributed by atoms with Gasteiger partial charge in [-0.05, 0) is 121 Å². The van der Waals surface area contributed by atoms with Gasteiger partial charge in [0, 0.05) is 37.0 Å². The van der Waals surface area contributed by atoms with E-state index in [0.717, 1.165) is 50.6 Å². The molecule has 2 aliphatic heterocycles. The van der Waals surface area contributed by atoms with Gasteiger partial charge in [-0.2, -0.15) is 0 Å². The van der Waals surface area contributed by atoms with Crippen molar-refractivity contribution in [2.45, 2.75) is 94.4 Å². The second-order valence-electron chi connectivity index (χ2n) is 15.5. The minimum Gasteiger partial charge on any atom is -0.508 e. The van der Waals surface area contributed by atoms with Gasteiger partial charge in [-0.1, -0.05) is 72.8 Å². The molecule has 8 rings (SSSR count). The Bertz CT molecular complexity index is 1970. The van der Waals surface area contributed by atoms with Gasteiger partial charge >= 0.3 is 0 Å². The number of benzene rings is 4. The van der Waals surface area contributed by atoms with Crippen molar-refractivity contribution in [3.8, 4) is 5.75 Å². The van der Waals surface area contributed by atoms with Crippen LogP contribution in [0.1, 0.15) is 112 Å². The fourth-order valence-corrected chi connectivity index (χ4v) is 9.38. The van der Waals surface area contributed by atoms with Crippen LogP contribution in [-0.2, 0) is 33.9 Å². The summed E-state index contributed by atoms with van der Waals surface area (Å²) in [6.45, 7) is 2.57. The predicted molar refractivity (Wildman–Crippen MR) is 204 cm³/mol. The Morgan fingerprint density at radius 1 is 0.792 bits per heavy atom. The van der Waals surface area contributed by atoms with Crippen molar-refractivity contribution in [2.75, 3.05) is 20.2 Å². The number of carbonyl (C=O) groups is 3. The number of hydrogen-bond donors (Lipinski definition) is 2. The van der Waals surface area contributed by atoms with E-state index in [2.05, 4.69) is 90.1 Å². The normalized spacial score (nSPS) is 24.2. The number of phenols is 1. The average molecular weight is 712 g/mol.